The van der Waals surface area contributed by atoms with Gasteiger partial charge in [0.25, 0.3) is 5.91 Å². The Morgan fingerprint density at radius 2 is 1.70 bits per heavy atom. The molecule has 144 valence electrons. The van der Waals surface area contributed by atoms with Crippen LogP contribution in [0.15, 0.2) is 30.0 Å². The van der Waals surface area contributed by atoms with Crippen LogP contribution in [0.1, 0.15) is 11.1 Å². The Hall–Kier alpha value is -2.52. The normalized spacial score (nSPS) is 19.2. The fourth-order valence-corrected chi connectivity index (χ4v) is 3.66. The number of hydrogen-bond acceptors (Lipinski definition) is 5. The lowest BCUT2D eigenvalue weighted by Crippen LogP contribution is -2.48. The largest absolute Gasteiger partial charge is 0.373 e. The first kappa shape index (κ1) is 19.2. The van der Waals surface area contributed by atoms with Gasteiger partial charge in [0.2, 0.25) is 0 Å². The van der Waals surface area contributed by atoms with Gasteiger partial charge in [-0.3, -0.25) is 4.79 Å². The Labute approximate surface area is 162 Å². The predicted octanol–water partition coefficient (Wildman–Crippen LogP) is 1.61. The summed E-state index contributed by atoms with van der Waals surface area (Å²) < 4.78 is 0. The molecule has 0 aromatic heterocycles. The fourth-order valence-electron chi connectivity index (χ4n) is 3.66. The van der Waals surface area contributed by atoms with E-state index in [0.717, 1.165) is 39.3 Å². The van der Waals surface area contributed by atoms with Crippen LogP contribution in [0.5, 0.6) is 0 Å². The second-order valence-electron chi connectivity index (χ2n) is 7.49. The highest BCUT2D eigenvalue weighted by Gasteiger charge is 2.24. The number of anilines is 1. The van der Waals surface area contributed by atoms with Crippen molar-refractivity contribution in [2.75, 3.05) is 64.3 Å². The van der Waals surface area contributed by atoms with E-state index in [2.05, 4.69) is 59.9 Å². The minimum Gasteiger partial charge on any atom is -0.373 e. The van der Waals surface area contributed by atoms with E-state index in [1.54, 1.807) is 11.1 Å². The molecule has 2 saturated heterocycles. The van der Waals surface area contributed by atoms with Crippen molar-refractivity contribution in [1.29, 1.82) is 5.26 Å². The predicted molar refractivity (Wildman–Crippen MR) is 107 cm³/mol. The molecule has 0 aliphatic carbocycles. The van der Waals surface area contributed by atoms with E-state index in [0.29, 0.717) is 13.1 Å². The Morgan fingerprint density at radius 1 is 1.04 bits per heavy atom. The van der Waals surface area contributed by atoms with Crippen molar-refractivity contribution in [2.24, 2.45) is 0 Å². The fraction of sp³-hybridized carbons (Fsp3) is 0.524. The first-order valence-electron chi connectivity index (χ1n) is 9.64. The third kappa shape index (κ3) is 4.42. The van der Waals surface area contributed by atoms with Crippen LogP contribution in [0, 0.1) is 25.2 Å². The van der Waals surface area contributed by atoms with Crippen LogP contribution in [0.2, 0.25) is 0 Å². The molecule has 0 N–H and O–H groups in total. The molecule has 0 saturated carbocycles. The van der Waals surface area contributed by atoms with Crippen LogP contribution in [0.25, 0.3) is 0 Å². The van der Waals surface area contributed by atoms with Gasteiger partial charge in [0.1, 0.15) is 11.6 Å². The van der Waals surface area contributed by atoms with Gasteiger partial charge in [0.15, 0.2) is 0 Å². The zero-order valence-electron chi connectivity index (χ0n) is 16.6. The molecule has 0 atom stereocenters. The quantitative estimate of drug-likeness (QED) is 0.600. The van der Waals surface area contributed by atoms with Crippen molar-refractivity contribution < 1.29 is 4.79 Å². The Bertz CT molecular complexity index is 750. The van der Waals surface area contributed by atoms with Gasteiger partial charge in [-0.05, 0) is 38.1 Å². The number of hydrogen-bond donors (Lipinski definition) is 0. The van der Waals surface area contributed by atoms with Crippen molar-refractivity contribution >= 4 is 11.6 Å². The molecule has 1 amide bonds. The number of nitriles is 1. The van der Waals surface area contributed by atoms with Crippen LogP contribution in [0.4, 0.5) is 5.69 Å². The molecular formula is C21H29N5O. The number of rotatable bonds is 3. The maximum Gasteiger partial charge on any atom is 0.266 e. The van der Waals surface area contributed by atoms with Gasteiger partial charge in [0.05, 0.1) is 0 Å². The molecule has 1 aromatic carbocycles. The molecule has 0 radical (unpaired) electrons. The maximum atomic E-state index is 12.7. The van der Waals surface area contributed by atoms with Crippen molar-refractivity contribution in [2.45, 2.75) is 13.8 Å². The number of benzene rings is 1. The molecule has 6 nitrogen and oxygen atoms in total. The smallest absolute Gasteiger partial charge is 0.266 e. The Kier molecular flexibility index (Phi) is 6.02. The highest BCUT2D eigenvalue weighted by atomic mass is 16.2. The van der Waals surface area contributed by atoms with Crippen molar-refractivity contribution in [3.63, 3.8) is 0 Å². The molecule has 6 heteroatoms. The first-order chi connectivity index (χ1) is 13.0. The summed E-state index contributed by atoms with van der Waals surface area (Å²) in [7, 11) is 2.05. The molecule has 2 aliphatic rings. The molecule has 27 heavy (non-hydrogen) atoms. The number of aryl methyl sites for hydroxylation is 1. The lowest BCUT2D eigenvalue weighted by Gasteiger charge is -2.37. The van der Waals surface area contributed by atoms with Crippen LogP contribution < -0.4 is 4.90 Å². The molecule has 2 heterocycles. The number of amides is 1. The first-order valence-corrected chi connectivity index (χ1v) is 9.64. The standard InChI is InChI=1S/C21H29N5O/c1-17-5-4-6-20(18(17)2)25-13-9-24(10-14-25)16-19(15-22)21(27)26-11-7-23(3)8-12-26/h4-6,16H,7-14H2,1-3H3/b19-16-. The summed E-state index contributed by atoms with van der Waals surface area (Å²) >= 11 is 0. The van der Waals surface area contributed by atoms with E-state index < -0.39 is 0 Å². The van der Waals surface area contributed by atoms with Gasteiger partial charge in [-0.15, -0.1) is 0 Å². The van der Waals surface area contributed by atoms with Gasteiger partial charge in [-0.25, -0.2) is 0 Å². The van der Waals surface area contributed by atoms with E-state index in [-0.39, 0.29) is 11.5 Å². The Morgan fingerprint density at radius 3 is 2.33 bits per heavy atom. The third-order valence-electron chi connectivity index (χ3n) is 5.68. The third-order valence-corrected chi connectivity index (χ3v) is 5.68. The SMILES string of the molecule is Cc1cccc(N2CCN(/C=C(/C#N)C(=O)N3CCN(C)CC3)CC2)c1C. The molecule has 0 bridgehead atoms. The number of carbonyl (C=O) groups excluding carboxylic acids is 1. The second kappa shape index (κ2) is 8.45. The minimum atomic E-state index is -0.137. The molecular weight excluding hydrogens is 338 g/mol. The average molecular weight is 367 g/mol. The topological polar surface area (TPSA) is 53.8 Å². The van der Waals surface area contributed by atoms with Crippen molar-refractivity contribution in [3.05, 3.63) is 41.1 Å². The lowest BCUT2D eigenvalue weighted by atomic mass is 10.1. The van der Waals surface area contributed by atoms with Crippen LogP contribution in [-0.4, -0.2) is 80.0 Å². The van der Waals surface area contributed by atoms with E-state index in [1.807, 2.05) is 0 Å². The van der Waals surface area contributed by atoms with E-state index >= 15 is 0 Å². The monoisotopic (exact) mass is 367 g/mol. The molecule has 2 aliphatic heterocycles. The molecule has 0 unspecified atom stereocenters. The van der Waals surface area contributed by atoms with Crippen LogP contribution >= 0.6 is 0 Å². The van der Waals surface area contributed by atoms with E-state index in [1.165, 1.54) is 16.8 Å². The molecule has 0 spiro atoms. The van der Waals surface area contributed by atoms with Crippen molar-refractivity contribution in [3.8, 4) is 6.07 Å². The zero-order chi connectivity index (χ0) is 19.4. The highest BCUT2D eigenvalue weighted by molar-refractivity contribution is 5.97. The summed E-state index contributed by atoms with van der Waals surface area (Å²) in [4.78, 5) is 21.1. The van der Waals surface area contributed by atoms with Gasteiger partial charge < -0.3 is 19.6 Å². The summed E-state index contributed by atoms with van der Waals surface area (Å²) in [6.45, 7) is 10.8. The van der Waals surface area contributed by atoms with Crippen LogP contribution in [0.3, 0.4) is 0 Å². The highest BCUT2D eigenvalue weighted by Crippen LogP contribution is 2.24. The Balaban J connectivity index is 1.62. The number of nitrogens with zero attached hydrogens (tertiary/aromatic N) is 5. The second-order valence-corrected chi connectivity index (χ2v) is 7.49. The lowest BCUT2D eigenvalue weighted by molar-refractivity contribution is -0.128. The van der Waals surface area contributed by atoms with Gasteiger partial charge in [-0.1, -0.05) is 12.1 Å². The number of piperazine rings is 2. The zero-order valence-corrected chi connectivity index (χ0v) is 16.6. The molecule has 3 rings (SSSR count). The van der Waals surface area contributed by atoms with Crippen LogP contribution in [-0.2, 0) is 4.79 Å². The summed E-state index contributed by atoms with van der Waals surface area (Å²) in [6, 6.07) is 8.53. The average Bonchev–Trinajstić information content (AvgIpc) is 2.69. The van der Waals surface area contributed by atoms with E-state index in [4.69, 9.17) is 0 Å². The summed E-state index contributed by atoms with van der Waals surface area (Å²) in [5.41, 5.74) is 4.16. The summed E-state index contributed by atoms with van der Waals surface area (Å²) in [6.07, 6.45) is 1.76. The van der Waals surface area contributed by atoms with Gasteiger partial charge >= 0.3 is 0 Å². The number of carbonyl (C=O) groups is 1. The summed E-state index contributed by atoms with van der Waals surface area (Å²) in [5, 5.41) is 9.49. The van der Waals surface area contributed by atoms with E-state index in [9.17, 15) is 10.1 Å². The van der Waals surface area contributed by atoms with Crippen molar-refractivity contribution in [1.82, 2.24) is 14.7 Å². The maximum absolute atomic E-state index is 12.7. The minimum absolute atomic E-state index is 0.137. The number of likely N-dealkylation sites (N-methyl/N-ethyl adjacent to an activating group) is 1. The van der Waals surface area contributed by atoms with Gasteiger partial charge in [0, 0.05) is 64.2 Å². The summed E-state index contributed by atoms with van der Waals surface area (Å²) in [5.74, 6) is -0.137. The molecule has 2 fully saturated rings. The molecule has 1 aromatic rings. The van der Waals surface area contributed by atoms with Gasteiger partial charge in [-0.2, -0.15) is 5.26 Å².